The molecule has 0 aliphatic heterocycles. The van der Waals surface area contributed by atoms with Crippen LogP contribution in [0.2, 0.25) is 0 Å². The SMILES string of the molecule is O=C(CN(c1ccc([N+](=O)[O-])cc1)S(=O)(=O)c1ccccc1)Nc1cccc(F)c1. The topological polar surface area (TPSA) is 110 Å². The number of non-ortho nitro benzene ring substituents is 1. The second-order valence-corrected chi connectivity index (χ2v) is 8.02. The number of carbonyl (C=O) groups is 1. The van der Waals surface area contributed by atoms with Gasteiger partial charge in [0.05, 0.1) is 15.5 Å². The Hall–Kier alpha value is -3.79. The number of hydrogen-bond donors (Lipinski definition) is 1. The van der Waals surface area contributed by atoms with Gasteiger partial charge in [-0.3, -0.25) is 19.2 Å². The normalized spacial score (nSPS) is 11.0. The number of halogens is 1. The van der Waals surface area contributed by atoms with Crippen LogP contribution in [0.3, 0.4) is 0 Å². The van der Waals surface area contributed by atoms with E-state index in [1.165, 1.54) is 54.6 Å². The number of amides is 1. The van der Waals surface area contributed by atoms with E-state index in [1.807, 2.05) is 0 Å². The summed E-state index contributed by atoms with van der Waals surface area (Å²) in [6, 6.07) is 17.4. The van der Waals surface area contributed by atoms with E-state index in [0.29, 0.717) is 0 Å². The predicted molar refractivity (Wildman–Crippen MR) is 109 cm³/mol. The number of nitro benzene ring substituents is 1. The molecular formula is C20H16FN3O5S. The number of benzene rings is 3. The highest BCUT2D eigenvalue weighted by Crippen LogP contribution is 2.26. The lowest BCUT2D eigenvalue weighted by molar-refractivity contribution is -0.384. The summed E-state index contributed by atoms with van der Waals surface area (Å²) < 4.78 is 40.5. The molecule has 0 saturated carbocycles. The smallest absolute Gasteiger partial charge is 0.269 e. The molecule has 0 aromatic heterocycles. The van der Waals surface area contributed by atoms with E-state index in [9.17, 15) is 27.7 Å². The van der Waals surface area contributed by atoms with Gasteiger partial charge in [-0.1, -0.05) is 24.3 Å². The van der Waals surface area contributed by atoms with Crippen molar-refractivity contribution >= 4 is 33.0 Å². The van der Waals surface area contributed by atoms with Gasteiger partial charge in [0.15, 0.2) is 0 Å². The molecule has 0 spiro atoms. The Kier molecular flexibility index (Phi) is 6.07. The first-order valence-electron chi connectivity index (χ1n) is 8.65. The van der Waals surface area contributed by atoms with Gasteiger partial charge in [-0.15, -0.1) is 0 Å². The standard InChI is InChI=1S/C20H16FN3O5S/c21-15-5-4-6-16(13-15)22-20(25)14-23(17-9-11-18(12-10-17)24(26)27)30(28,29)19-7-2-1-3-8-19/h1-13H,14H2,(H,22,25). The molecule has 30 heavy (non-hydrogen) atoms. The van der Waals surface area contributed by atoms with E-state index < -0.39 is 33.2 Å². The molecule has 154 valence electrons. The summed E-state index contributed by atoms with van der Waals surface area (Å²) in [4.78, 5) is 22.7. The highest BCUT2D eigenvalue weighted by atomic mass is 32.2. The summed E-state index contributed by atoms with van der Waals surface area (Å²) in [5, 5.41) is 13.3. The summed E-state index contributed by atoms with van der Waals surface area (Å²) in [5.41, 5.74) is 0.0135. The molecule has 0 heterocycles. The quantitative estimate of drug-likeness (QED) is 0.456. The van der Waals surface area contributed by atoms with Gasteiger partial charge in [0.2, 0.25) is 5.91 Å². The van der Waals surface area contributed by atoms with E-state index in [1.54, 1.807) is 6.07 Å². The summed E-state index contributed by atoms with van der Waals surface area (Å²) in [5.74, 6) is -1.27. The number of nitrogens with zero attached hydrogens (tertiary/aromatic N) is 2. The van der Waals surface area contributed by atoms with Crippen LogP contribution in [0.15, 0.2) is 83.8 Å². The van der Waals surface area contributed by atoms with E-state index in [-0.39, 0.29) is 22.0 Å². The fourth-order valence-corrected chi connectivity index (χ4v) is 4.11. The molecule has 3 aromatic carbocycles. The second-order valence-electron chi connectivity index (χ2n) is 6.16. The largest absolute Gasteiger partial charge is 0.324 e. The highest BCUT2D eigenvalue weighted by molar-refractivity contribution is 7.92. The molecule has 0 fully saturated rings. The van der Waals surface area contributed by atoms with Crippen LogP contribution in [0.25, 0.3) is 0 Å². The molecule has 0 aliphatic carbocycles. The molecule has 0 bridgehead atoms. The lowest BCUT2D eigenvalue weighted by atomic mass is 10.3. The van der Waals surface area contributed by atoms with Crippen molar-refractivity contribution in [3.63, 3.8) is 0 Å². The van der Waals surface area contributed by atoms with Crippen molar-refractivity contribution in [2.24, 2.45) is 0 Å². The van der Waals surface area contributed by atoms with Crippen molar-refractivity contribution in [3.05, 3.63) is 94.8 Å². The molecule has 0 atom stereocenters. The van der Waals surface area contributed by atoms with Crippen LogP contribution in [0.1, 0.15) is 0 Å². The molecule has 0 aliphatic rings. The maximum absolute atomic E-state index is 13.3. The van der Waals surface area contributed by atoms with E-state index in [2.05, 4.69) is 5.32 Å². The maximum atomic E-state index is 13.3. The summed E-state index contributed by atoms with van der Waals surface area (Å²) >= 11 is 0. The Morgan fingerprint density at radius 3 is 2.27 bits per heavy atom. The molecule has 0 unspecified atom stereocenters. The zero-order valence-electron chi connectivity index (χ0n) is 15.4. The van der Waals surface area contributed by atoms with Gasteiger partial charge in [0.25, 0.3) is 15.7 Å². The Morgan fingerprint density at radius 1 is 1.00 bits per heavy atom. The van der Waals surface area contributed by atoms with Crippen molar-refractivity contribution in [1.82, 2.24) is 0 Å². The number of nitrogens with one attached hydrogen (secondary N) is 1. The van der Waals surface area contributed by atoms with E-state index in [4.69, 9.17) is 0 Å². The molecular weight excluding hydrogens is 413 g/mol. The fraction of sp³-hybridized carbons (Fsp3) is 0.0500. The van der Waals surface area contributed by atoms with Crippen LogP contribution in [-0.4, -0.2) is 25.8 Å². The first-order chi connectivity index (χ1) is 14.3. The molecule has 0 saturated heterocycles. The highest BCUT2D eigenvalue weighted by Gasteiger charge is 2.27. The molecule has 3 rings (SSSR count). The Morgan fingerprint density at radius 2 is 1.67 bits per heavy atom. The molecule has 3 aromatic rings. The van der Waals surface area contributed by atoms with Crippen LogP contribution in [0, 0.1) is 15.9 Å². The third-order valence-corrected chi connectivity index (χ3v) is 5.86. The Labute approximate surface area is 171 Å². The average Bonchev–Trinajstić information content (AvgIpc) is 2.72. The predicted octanol–water partition coefficient (Wildman–Crippen LogP) is 3.57. The number of rotatable bonds is 7. The molecule has 0 radical (unpaired) electrons. The van der Waals surface area contributed by atoms with Gasteiger partial charge in [-0.05, 0) is 42.5 Å². The van der Waals surface area contributed by atoms with Crippen LogP contribution in [-0.2, 0) is 14.8 Å². The van der Waals surface area contributed by atoms with Gasteiger partial charge < -0.3 is 5.32 Å². The summed E-state index contributed by atoms with van der Waals surface area (Å²) in [7, 11) is -4.15. The number of nitro groups is 1. The minimum atomic E-state index is -4.15. The van der Waals surface area contributed by atoms with Gasteiger partial charge >= 0.3 is 0 Å². The minimum absolute atomic E-state index is 0.0538. The second kappa shape index (κ2) is 8.70. The first-order valence-corrected chi connectivity index (χ1v) is 10.1. The zero-order chi connectivity index (χ0) is 21.7. The van der Waals surface area contributed by atoms with Crippen LogP contribution in [0.4, 0.5) is 21.5 Å². The number of hydrogen-bond acceptors (Lipinski definition) is 5. The zero-order valence-corrected chi connectivity index (χ0v) is 16.3. The van der Waals surface area contributed by atoms with Gasteiger partial charge in [0, 0.05) is 17.8 Å². The molecule has 10 heteroatoms. The minimum Gasteiger partial charge on any atom is -0.324 e. The van der Waals surface area contributed by atoms with E-state index in [0.717, 1.165) is 22.5 Å². The Bertz CT molecular complexity index is 1170. The van der Waals surface area contributed by atoms with Gasteiger partial charge in [-0.25, -0.2) is 12.8 Å². The van der Waals surface area contributed by atoms with E-state index >= 15 is 0 Å². The first kappa shape index (κ1) is 20.9. The van der Waals surface area contributed by atoms with Gasteiger partial charge in [0.1, 0.15) is 12.4 Å². The van der Waals surface area contributed by atoms with Crippen molar-refractivity contribution in [3.8, 4) is 0 Å². The number of sulfonamides is 1. The van der Waals surface area contributed by atoms with Crippen LogP contribution in [0.5, 0.6) is 0 Å². The number of anilines is 2. The van der Waals surface area contributed by atoms with Crippen molar-refractivity contribution in [2.75, 3.05) is 16.2 Å². The van der Waals surface area contributed by atoms with Crippen LogP contribution < -0.4 is 9.62 Å². The third kappa shape index (κ3) is 4.78. The fourth-order valence-electron chi connectivity index (χ4n) is 2.67. The van der Waals surface area contributed by atoms with Crippen molar-refractivity contribution < 1.29 is 22.5 Å². The average molecular weight is 429 g/mol. The monoisotopic (exact) mass is 429 g/mol. The molecule has 8 nitrogen and oxygen atoms in total. The van der Waals surface area contributed by atoms with Crippen LogP contribution >= 0.6 is 0 Å². The Balaban J connectivity index is 1.95. The maximum Gasteiger partial charge on any atom is 0.269 e. The molecule has 1 N–H and O–H groups in total. The lowest BCUT2D eigenvalue weighted by Gasteiger charge is -2.24. The van der Waals surface area contributed by atoms with Crippen molar-refractivity contribution in [1.29, 1.82) is 0 Å². The summed E-state index contributed by atoms with van der Waals surface area (Å²) in [6.45, 7) is -0.619. The summed E-state index contributed by atoms with van der Waals surface area (Å²) in [6.07, 6.45) is 0. The lowest BCUT2D eigenvalue weighted by Crippen LogP contribution is -2.38. The van der Waals surface area contributed by atoms with Crippen molar-refractivity contribution in [2.45, 2.75) is 4.90 Å². The van der Waals surface area contributed by atoms with Gasteiger partial charge in [-0.2, -0.15) is 0 Å². The molecule has 1 amide bonds. The third-order valence-electron chi connectivity index (χ3n) is 4.08. The number of carbonyl (C=O) groups excluding carboxylic acids is 1.